The van der Waals surface area contributed by atoms with Crippen LogP contribution in [0.4, 0.5) is 0 Å². The second-order valence-corrected chi connectivity index (χ2v) is 3.97. The van der Waals surface area contributed by atoms with E-state index in [-0.39, 0.29) is 5.97 Å². The number of quaternary nitrogens is 1. The molecule has 0 amide bonds. The van der Waals surface area contributed by atoms with Crippen LogP contribution in [0.3, 0.4) is 0 Å². The van der Waals surface area contributed by atoms with Crippen LogP contribution >= 0.6 is 0 Å². The maximum Gasteiger partial charge on any atom is 0.311 e. The van der Waals surface area contributed by atoms with E-state index in [1.165, 1.54) is 38.8 Å². The average Bonchev–Trinajstić information content (AvgIpc) is 2.43. The lowest BCUT2D eigenvalue weighted by Gasteiger charge is -2.15. The molecule has 1 aliphatic heterocycles. The van der Waals surface area contributed by atoms with Crippen molar-refractivity contribution in [2.24, 2.45) is 0 Å². The molecule has 0 radical (unpaired) electrons. The minimum atomic E-state index is -0.0377. The van der Waals surface area contributed by atoms with Crippen LogP contribution in [0, 0.1) is 0 Å². The van der Waals surface area contributed by atoms with Crippen molar-refractivity contribution in [2.75, 3.05) is 26.2 Å². The predicted octanol–water partition coefficient (Wildman–Crippen LogP) is 0.398. The van der Waals surface area contributed by atoms with Crippen molar-refractivity contribution in [3.05, 3.63) is 0 Å². The molecule has 0 saturated carbocycles. The molecule has 3 nitrogen and oxygen atoms in total. The summed E-state index contributed by atoms with van der Waals surface area (Å²) in [6, 6.07) is 0. The van der Waals surface area contributed by atoms with Crippen LogP contribution in [0.25, 0.3) is 0 Å². The van der Waals surface area contributed by atoms with Gasteiger partial charge in [-0.25, -0.2) is 0 Å². The third-order valence-corrected chi connectivity index (χ3v) is 2.80. The molecule has 0 spiro atoms. The zero-order chi connectivity index (χ0) is 10.2. The van der Waals surface area contributed by atoms with Crippen LogP contribution in [-0.2, 0) is 9.53 Å². The second kappa shape index (κ2) is 6.82. The van der Waals surface area contributed by atoms with E-state index in [4.69, 9.17) is 4.74 Å². The molecule has 1 fully saturated rings. The molecule has 1 rings (SSSR count). The highest BCUT2D eigenvalue weighted by atomic mass is 16.5. The molecule has 1 saturated heterocycles. The number of rotatable bonds is 4. The van der Waals surface area contributed by atoms with E-state index < -0.39 is 0 Å². The van der Waals surface area contributed by atoms with E-state index in [0.717, 1.165) is 6.54 Å². The average molecular weight is 200 g/mol. The van der Waals surface area contributed by atoms with Gasteiger partial charge in [0.15, 0.2) is 0 Å². The zero-order valence-corrected chi connectivity index (χ0v) is 9.18. The first-order valence-electron chi connectivity index (χ1n) is 5.82. The number of carbonyl (C=O) groups is 1. The van der Waals surface area contributed by atoms with Crippen LogP contribution in [0.5, 0.6) is 0 Å². The van der Waals surface area contributed by atoms with Crippen molar-refractivity contribution in [3.8, 4) is 0 Å². The summed E-state index contributed by atoms with van der Waals surface area (Å²) in [5.41, 5.74) is 0. The van der Waals surface area contributed by atoms with E-state index in [0.29, 0.717) is 13.0 Å². The summed E-state index contributed by atoms with van der Waals surface area (Å²) in [5.74, 6) is -0.0377. The first kappa shape index (κ1) is 11.5. The minimum Gasteiger partial charge on any atom is -0.466 e. The summed E-state index contributed by atoms with van der Waals surface area (Å²) in [5, 5.41) is 0. The predicted molar refractivity (Wildman–Crippen MR) is 55.3 cm³/mol. The topological polar surface area (TPSA) is 30.7 Å². The van der Waals surface area contributed by atoms with Crippen molar-refractivity contribution < 1.29 is 14.4 Å². The van der Waals surface area contributed by atoms with Crippen molar-refractivity contribution >= 4 is 5.97 Å². The van der Waals surface area contributed by atoms with Crippen LogP contribution < -0.4 is 4.90 Å². The van der Waals surface area contributed by atoms with Gasteiger partial charge in [-0.1, -0.05) is 0 Å². The van der Waals surface area contributed by atoms with Gasteiger partial charge < -0.3 is 9.64 Å². The van der Waals surface area contributed by atoms with Crippen LogP contribution in [-0.4, -0.2) is 32.2 Å². The minimum absolute atomic E-state index is 0.0377. The molecule has 82 valence electrons. The summed E-state index contributed by atoms with van der Waals surface area (Å²) < 4.78 is 4.91. The van der Waals surface area contributed by atoms with Crippen molar-refractivity contribution in [1.29, 1.82) is 0 Å². The van der Waals surface area contributed by atoms with Gasteiger partial charge in [0.05, 0.1) is 32.7 Å². The molecule has 0 aromatic heterocycles. The van der Waals surface area contributed by atoms with E-state index >= 15 is 0 Å². The highest BCUT2D eigenvalue weighted by molar-refractivity contribution is 5.69. The molecule has 0 atom stereocenters. The Morgan fingerprint density at radius 2 is 1.86 bits per heavy atom. The quantitative estimate of drug-likeness (QED) is 0.666. The SMILES string of the molecule is CCOC(=O)CC[NH+]1CCCCCC1. The molecule has 14 heavy (non-hydrogen) atoms. The van der Waals surface area contributed by atoms with Gasteiger partial charge in [-0.3, -0.25) is 4.79 Å². The van der Waals surface area contributed by atoms with Gasteiger partial charge in [0.1, 0.15) is 0 Å². The van der Waals surface area contributed by atoms with E-state index in [9.17, 15) is 4.79 Å². The first-order valence-corrected chi connectivity index (χ1v) is 5.82. The fraction of sp³-hybridized carbons (Fsp3) is 0.909. The number of hydrogen-bond donors (Lipinski definition) is 1. The summed E-state index contributed by atoms with van der Waals surface area (Å²) >= 11 is 0. The Balaban J connectivity index is 2.12. The summed E-state index contributed by atoms with van der Waals surface area (Å²) in [6.45, 7) is 5.79. The van der Waals surface area contributed by atoms with Crippen molar-refractivity contribution in [1.82, 2.24) is 0 Å². The van der Waals surface area contributed by atoms with Gasteiger partial charge in [0.2, 0.25) is 0 Å². The Bertz CT molecular complexity index is 163. The first-order chi connectivity index (χ1) is 6.83. The number of hydrogen-bond acceptors (Lipinski definition) is 2. The molecular weight excluding hydrogens is 178 g/mol. The molecule has 0 bridgehead atoms. The Labute approximate surface area is 86.4 Å². The van der Waals surface area contributed by atoms with Crippen molar-refractivity contribution in [3.63, 3.8) is 0 Å². The number of carbonyl (C=O) groups excluding carboxylic acids is 1. The third kappa shape index (κ3) is 4.61. The molecule has 1 N–H and O–H groups in total. The Kier molecular flexibility index (Phi) is 5.60. The lowest BCUT2D eigenvalue weighted by Crippen LogP contribution is -3.11. The molecule has 0 unspecified atom stereocenters. The van der Waals surface area contributed by atoms with E-state index in [1.807, 2.05) is 6.92 Å². The normalized spacial score (nSPS) is 18.9. The molecule has 1 heterocycles. The Morgan fingerprint density at radius 1 is 1.21 bits per heavy atom. The largest absolute Gasteiger partial charge is 0.466 e. The van der Waals surface area contributed by atoms with Gasteiger partial charge in [-0.2, -0.15) is 0 Å². The molecule has 0 aromatic carbocycles. The number of ether oxygens (including phenoxy) is 1. The van der Waals surface area contributed by atoms with Gasteiger partial charge in [0.25, 0.3) is 0 Å². The molecule has 0 aliphatic carbocycles. The lowest BCUT2D eigenvalue weighted by atomic mass is 10.2. The number of nitrogens with one attached hydrogen (secondary N) is 1. The van der Waals surface area contributed by atoms with Gasteiger partial charge in [-0.05, 0) is 32.6 Å². The number of esters is 1. The van der Waals surface area contributed by atoms with Gasteiger partial charge in [-0.15, -0.1) is 0 Å². The highest BCUT2D eigenvalue weighted by Crippen LogP contribution is 1.99. The lowest BCUT2D eigenvalue weighted by molar-refractivity contribution is -0.898. The summed E-state index contributed by atoms with van der Waals surface area (Å²) in [7, 11) is 0. The Morgan fingerprint density at radius 3 is 2.43 bits per heavy atom. The van der Waals surface area contributed by atoms with E-state index in [2.05, 4.69) is 0 Å². The zero-order valence-electron chi connectivity index (χ0n) is 9.18. The summed E-state index contributed by atoms with van der Waals surface area (Å²) in [4.78, 5) is 12.7. The standard InChI is InChI=1S/C11H21NO2/c1-2-14-11(13)7-10-12-8-5-3-4-6-9-12/h2-10H2,1H3/p+1. The monoisotopic (exact) mass is 200 g/mol. The fourth-order valence-electron chi connectivity index (χ4n) is 1.99. The summed E-state index contributed by atoms with van der Waals surface area (Å²) in [6.07, 6.45) is 5.95. The van der Waals surface area contributed by atoms with Crippen LogP contribution in [0.15, 0.2) is 0 Å². The van der Waals surface area contributed by atoms with E-state index in [1.54, 1.807) is 4.90 Å². The Hall–Kier alpha value is -0.570. The molecule has 1 aliphatic rings. The highest BCUT2D eigenvalue weighted by Gasteiger charge is 2.13. The maximum absolute atomic E-state index is 11.1. The van der Waals surface area contributed by atoms with Crippen molar-refractivity contribution in [2.45, 2.75) is 39.0 Å². The third-order valence-electron chi connectivity index (χ3n) is 2.80. The molecule has 0 aromatic rings. The maximum atomic E-state index is 11.1. The molecular formula is C11H22NO2+. The van der Waals surface area contributed by atoms with Crippen LogP contribution in [0.1, 0.15) is 39.0 Å². The van der Waals surface area contributed by atoms with Crippen LogP contribution in [0.2, 0.25) is 0 Å². The smallest absolute Gasteiger partial charge is 0.311 e. The van der Waals surface area contributed by atoms with Gasteiger partial charge >= 0.3 is 5.97 Å². The molecule has 3 heteroatoms. The number of likely N-dealkylation sites (tertiary alicyclic amines) is 1. The second-order valence-electron chi connectivity index (χ2n) is 3.97. The van der Waals surface area contributed by atoms with Gasteiger partial charge in [0, 0.05) is 0 Å². The fourth-order valence-corrected chi connectivity index (χ4v) is 1.99.